The van der Waals surface area contributed by atoms with Crippen molar-refractivity contribution in [3.05, 3.63) is 23.9 Å². The summed E-state index contributed by atoms with van der Waals surface area (Å²) in [6, 6.07) is 3.57. The highest BCUT2D eigenvalue weighted by molar-refractivity contribution is 5.76. The van der Waals surface area contributed by atoms with E-state index in [0.717, 1.165) is 18.7 Å². The number of nitrogens with zero attached hydrogens (tertiary/aromatic N) is 2. The van der Waals surface area contributed by atoms with Crippen LogP contribution in [0.15, 0.2) is 18.3 Å². The molecule has 0 aliphatic carbocycles. The van der Waals surface area contributed by atoms with Gasteiger partial charge in [0.25, 0.3) is 0 Å². The average molecular weight is 279 g/mol. The molecule has 2 rings (SSSR count). The van der Waals surface area contributed by atoms with Crippen molar-refractivity contribution in [1.29, 1.82) is 0 Å². The van der Waals surface area contributed by atoms with Crippen molar-refractivity contribution in [3.8, 4) is 5.88 Å². The maximum absolute atomic E-state index is 12.0. The minimum Gasteiger partial charge on any atom is -0.481 e. The van der Waals surface area contributed by atoms with Crippen molar-refractivity contribution >= 4 is 5.97 Å². The van der Waals surface area contributed by atoms with Crippen molar-refractivity contribution < 1.29 is 14.3 Å². The van der Waals surface area contributed by atoms with Crippen LogP contribution in [0.4, 0.5) is 0 Å². The SMILES string of the molecule is CCOC(=O)C1CNCCN1Cc1ccc(OC)nc1. The lowest BCUT2D eigenvalue weighted by Gasteiger charge is -2.34. The minimum absolute atomic E-state index is 0.166. The first kappa shape index (κ1) is 14.7. The van der Waals surface area contributed by atoms with E-state index < -0.39 is 0 Å². The topological polar surface area (TPSA) is 63.7 Å². The molecule has 1 saturated heterocycles. The van der Waals surface area contributed by atoms with Crippen LogP contribution in [0.25, 0.3) is 0 Å². The summed E-state index contributed by atoms with van der Waals surface area (Å²) in [6.45, 7) is 5.23. The molecule has 1 aromatic rings. The normalized spacial score (nSPS) is 19.6. The number of nitrogens with one attached hydrogen (secondary N) is 1. The van der Waals surface area contributed by atoms with Gasteiger partial charge in [0.15, 0.2) is 0 Å². The van der Waals surface area contributed by atoms with Crippen LogP contribution in [0.5, 0.6) is 5.88 Å². The van der Waals surface area contributed by atoms with Gasteiger partial charge in [-0.1, -0.05) is 6.07 Å². The molecule has 20 heavy (non-hydrogen) atoms. The van der Waals surface area contributed by atoms with E-state index in [-0.39, 0.29) is 12.0 Å². The predicted octanol–water partition coefficient (Wildman–Crippen LogP) is 0.427. The lowest BCUT2D eigenvalue weighted by Crippen LogP contribution is -2.54. The highest BCUT2D eigenvalue weighted by Gasteiger charge is 2.29. The molecule has 1 aliphatic rings. The number of carbonyl (C=O) groups excluding carboxylic acids is 1. The number of rotatable bonds is 5. The van der Waals surface area contributed by atoms with Gasteiger partial charge in [-0.05, 0) is 12.5 Å². The summed E-state index contributed by atoms with van der Waals surface area (Å²) in [7, 11) is 1.59. The molecule has 0 bridgehead atoms. The first-order valence-corrected chi connectivity index (χ1v) is 6.85. The lowest BCUT2D eigenvalue weighted by atomic mass is 10.1. The summed E-state index contributed by atoms with van der Waals surface area (Å²) in [5, 5.41) is 3.23. The quantitative estimate of drug-likeness (QED) is 0.789. The molecular weight excluding hydrogens is 258 g/mol. The molecule has 6 nitrogen and oxygen atoms in total. The minimum atomic E-state index is -0.231. The molecule has 110 valence electrons. The van der Waals surface area contributed by atoms with Gasteiger partial charge in [0.05, 0.1) is 13.7 Å². The fourth-order valence-corrected chi connectivity index (χ4v) is 2.27. The van der Waals surface area contributed by atoms with Crippen LogP contribution in [0.2, 0.25) is 0 Å². The Labute approximate surface area is 119 Å². The number of pyridine rings is 1. The van der Waals surface area contributed by atoms with Gasteiger partial charge in [0.1, 0.15) is 6.04 Å². The number of aromatic nitrogens is 1. The predicted molar refractivity (Wildman–Crippen MR) is 74.5 cm³/mol. The van der Waals surface area contributed by atoms with Gasteiger partial charge in [-0.15, -0.1) is 0 Å². The number of methoxy groups -OCH3 is 1. The van der Waals surface area contributed by atoms with Crippen LogP contribution < -0.4 is 10.1 Å². The molecule has 1 atom stereocenters. The van der Waals surface area contributed by atoms with Crippen LogP contribution >= 0.6 is 0 Å². The molecule has 0 amide bonds. The van der Waals surface area contributed by atoms with E-state index in [4.69, 9.17) is 9.47 Å². The smallest absolute Gasteiger partial charge is 0.324 e. The number of hydrogen-bond acceptors (Lipinski definition) is 6. The molecule has 0 aromatic carbocycles. The molecule has 0 spiro atoms. The van der Waals surface area contributed by atoms with Gasteiger partial charge in [0, 0.05) is 38.4 Å². The second kappa shape index (κ2) is 7.21. The van der Waals surface area contributed by atoms with Crippen LogP contribution in [0, 0.1) is 0 Å². The Morgan fingerprint density at radius 1 is 1.55 bits per heavy atom. The van der Waals surface area contributed by atoms with E-state index in [1.165, 1.54) is 0 Å². The molecule has 1 unspecified atom stereocenters. The molecule has 0 radical (unpaired) electrons. The Morgan fingerprint density at radius 2 is 2.40 bits per heavy atom. The molecular formula is C14H21N3O3. The second-order valence-corrected chi connectivity index (χ2v) is 4.65. The number of ether oxygens (including phenoxy) is 2. The largest absolute Gasteiger partial charge is 0.481 e. The first-order valence-electron chi connectivity index (χ1n) is 6.85. The highest BCUT2D eigenvalue weighted by atomic mass is 16.5. The van der Waals surface area contributed by atoms with Crippen LogP contribution in [-0.4, -0.2) is 55.2 Å². The van der Waals surface area contributed by atoms with Gasteiger partial charge in [0.2, 0.25) is 5.88 Å². The molecule has 0 saturated carbocycles. The maximum atomic E-state index is 12.0. The van der Waals surface area contributed by atoms with Crippen molar-refractivity contribution in [3.63, 3.8) is 0 Å². The Bertz CT molecular complexity index is 436. The molecule has 1 aromatic heterocycles. The highest BCUT2D eigenvalue weighted by Crippen LogP contribution is 2.13. The summed E-state index contributed by atoms with van der Waals surface area (Å²) in [5.74, 6) is 0.428. The average Bonchev–Trinajstić information content (AvgIpc) is 2.49. The zero-order valence-electron chi connectivity index (χ0n) is 12.0. The van der Waals surface area contributed by atoms with E-state index in [1.807, 2.05) is 19.1 Å². The van der Waals surface area contributed by atoms with E-state index in [2.05, 4.69) is 15.2 Å². The van der Waals surface area contributed by atoms with Gasteiger partial charge < -0.3 is 14.8 Å². The molecule has 1 N–H and O–H groups in total. The molecule has 2 heterocycles. The summed E-state index contributed by atoms with van der Waals surface area (Å²) in [4.78, 5) is 18.3. The Morgan fingerprint density at radius 3 is 3.05 bits per heavy atom. The zero-order valence-corrected chi connectivity index (χ0v) is 12.0. The Kier molecular flexibility index (Phi) is 5.31. The second-order valence-electron chi connectivity index (χ2n) is 4.65. The van der Waals surface area contributed by atoms with E-state index in [9.17, 15) is 4.79 Å². The van der Waals surface area contributed by atoms with E-state index in [0.29, 0.717) is 25.6 Å². The summed E-state index contributed by atoms with van der Waals surface area (Å²) < 4.78 is 10.2. The standard InChI is InChI=1S/C14H21N3O3/c1-3-20-14(18)12-9-15-6-7-17(12)10-11-4-5-13(19-2)16-8-11/h4-5,8,12,15H,3,6-7,9-10H2,1-2H3. The number of hydrogen-bond donors (Lipinski definition) is 1. The summed E-state index contributed by atoms with van der Waals surface area (Å²) >= 11 is 0. The van der Waals surface area contributed by atoms with Crippen molar-refractivity contribution in [2.45, 2.75) is 19.5 Å². The van der Waals surface area contributed by atoms with Crippen molar-refractivity contribution in [1.82, 2.24) is 15.2 Å². The van der Waals surface area contributed by atoms with Gasteiger partial charge in [-0.2, -0.15) is 0 Å². The van der Waals surface area contributed by atoms with Gasteiger partial charge in [-0.25, -0.2) is 4.98 Å². The number of esters is 1. The van der Waals surface area contributed by atoms with Crippen molar-refractivity contribution in [2.24, 2.45) is 0 Å². The van der Waals surface area contributed by atoms with Crippen LogP contribution in [0.1, 0.15) is 12.5 Å². The first-order chi connectivity index (χ1) is 9.74. The third kappa shape index (κ3) is 3.68. The number of carbonyl (C=O) groups is 1. The molecule has 1 fully saturated rings. The monoisotopic (exact) mass is 279 g/mol. The van der Waals surface area contributed by atoms with E-state index >= 15 is 0 Å². The lowest BCUT2D eigenvalue weighted by molar-refractivity contribution is -0.150. The fraction of sp³-hybridized carbons (Fsp3) is 0.571. The Balaban J connectivity index is 2.02. The summed E-state index contributed by atoms with van der Waals surface area (Å²) in [6.07, 6.45) is 1.78. The Hall–Kier alpha value is -1.66. The molecule has 1 aliphatic heterocycles. The van der Waals surface area contributed by atoms with Crippen molar-refractivity contribution in [2.75, 3.05) is 33.4 Å². The van der Waals surface area contributed by atoms with E-state index in [1.54, 1.807) is 13.3 Å². The third-order valence-corrected chi connectivity index (χ3v) is 3.31. The van der Waals surface area contributed by atoms with Crippen LogP contribution in [0.3, 0.4) is 0 Å². The third-order valence-electron chi connectivity index (χ3n) is 3.31. The van der Waals surface area contributed by atoms with Crippen LogP contribution in [-0.2, 0) is 16.1 Å². The molecule has 6 heteroatoms. The zero-order chi connectivity index (χ0) is 14.4. The number of piperazine rings is 1. The fourth-order valence-electron chi connectivity index (χ4n) is 2.27. The van der Waals surface area contributed by atoms with Gasteiger partial charge in [-0.3, -0.25) is 9.69 Å². The maximum Gasteiger partial charge on any atom is 0.324 e. The summed E-state index contributed by atoms with van der Waals surface area (Å²) in [5.41, 5.74) is 1.06. The van der Waals surface area contributed by atoms with Gasteiger partial charge >= 0.3 is 5.97 Å².